The molecular weight excluding hydrogens is 254 g/mol. The number of nitrogens with two attached hydrogens (primary N) is 1. The summed E-state index contributed by atoms with van der Waals surface area (Å²) in [5, 5.41) is 3.68. The van der Waals surface area contributed by atoms with Gasteiger partial charge in [-0.3, -0.25) is 9.69 Å². The number of piperidine rings is 2. The van der Waals surface area contributed by atoms with Crippen LogP contribution in [-0.2, 0) is 9.53 Å². The van der Waals surface area contributed by atoms with E-state index in [1.807, 2.05) is 0 Å². The van der Waals surface area contributed by atoms with Gasteiger partial charge < -0.3 is 15.8 Å². The van der Waals surface area contributed by atoms with Crippen LogP contribution in [0.2, 0.25) is 0 Å². The highest BCUT2D eigenvalue weighted by Crippen LogP contribution is 2.33. The molecule has 0 aliphatic carbocycles. The Hall–Kier alpha value is -0.650. The molecule has 20 heavy (non-hydrogen) atoms. The molecule has 0 aromatic carbocycles. The van der Waals surface area contributed by atoms with E-state index in [4.69, 9.17) is 10.5 Å². The summed E-state index contributed by atoms with van der Waals surface area (Å²) in [6, 6.07) is 2.07. The van der Waals surface area contributed by atoms with Crippen molar-refractivity contribution in [2.45, 2.75) is 63.6 Å². The molecule has 2 rings (SSSR count). The minimum absolute atomic E-state index is 0.0455. The first kappa shape index (κ1) is 15.7. The van der Waals surface area contributed by atoms with E-state index in [1.54, 1.807) is 0 Å². The van der Waals surface area contributed by atoms with Crippen LogP contribution < -0.4 is 11.1 Å². The first-order valence-electron chi connectivity index (χ1n) is 8.06. The number of rotatable bonds is 8. The summed E-state index contributed by atoms with van der Waals surface area (Å²) in [4.78, 5) is 13.3. The average Bonchev–Trinajstić information content (AvgIpc) is 2.40. The third-order valence-electron chi connectivity index (χ3n) is 4.55. The summed E-state index contributed by atoms with van der Waals surface area (Å²) in [6.45, 7) is 4.95. The zero-order valence-electron chi connectivity index (χ0n) is 12.6. The zero-order chi connectivity index (χ0) is 14.4. The average molecular weight is 283 g/mol. The fourth-order valence-electron chi connectivity index (χ4n) is 3.70. The van der Waals surface area contributed by atoms with Gasteiger partial charge in [0.05, 0.1) is 6.61 Å². The van der Waals surface area contributed by atoms with E-state index in [0.29, 0.717) is 24.7 Å². The quantitative estimate of drug-likeness (QED) is 0.649. The summed E-state index contributed by atoms with van der Waals surface area (Å²) in [7, 11) is 0. The number of fused-ring (bicyclic) bond motifs is 2. The Kier molecular flexibility index (Phi) is 6.26. The number of amides is 1. The Balaban J connectivity index is 1.77. The van der Waals surface area contributed by atoms with Gasteiger partial charge >= 0.3 is 0 Å². The lowest BCUT2D eigenvalue weighted by Crippen LogP contribution is -2.57. The molecule has 2 aliphatic heterocycles. The highest BCUT2D eigenvalue weighted by Gasteiger charge is 2.37. The van der Waals surface area contributed by atoms with Gasteiger partial charge in [0.1, 0.15) is 6.61 Å². The number of carbonyl (C=O) groups is 1. The van der Waals surface area contributed by atoms with E-state index >= 15 is 0 Å². The van der Waals surface area contributed by atoms with E-state index in [0.717, 1.165) is 13.1 Å². The van der Waals surface area contributed by atoms with E-state index in [-0.39, 0.29) is 12.5 Å². The van der Waals surface area contributed by atoms with Gasteiger partial charge in [0, 0.05) is 24.7 Å². The fourth-order valence-corrected chi connectivity index (χ4v) is 3.70. The molecule has 0 aromatic rings. The highest BCUT2D eigenvalue weighted by molar-refractivity contribution is 5.74. The van der Waals surface area contributed by atoms with Crippen molar-refractivity contribution in [2.24, 2.45) is 5.73 Å². The van der Waals surface area contributed by atoms with Gasteiger partial charge in [0.15, 0.2) is 0 Å². The number of hydrogen-bond donors (Lipinski definition) is 2. The van der Waals surface area contributed by atoms with Gasteiger partial charge in [-0.1, -0.05) is 13.3 Å². The number of primary amides is 1. The fraction of sp³-hybridized carbons (Fsp3) is 0.933. The third-order valence-corrected chi connectivity index (χ3v) is 4.55. The monoisotopic (exact) mass is 283 g/mol. The summed E-state index contributed by atoms with van der Waals surface area (Å²) in [5.41, 5.74) is 5.08. The van der Waals surface area contributed by atoms with Crippen molar-refractivity contribution < 1.29 is 9.53 Å². The SMILES string of the molecule is CCCNC1CC2CCCC(C1)N2CCOCC(N)=O. The second-order valence-electron chi connectivity index (χ2n) is 6.12. The molecule has 0 saturated carbocycles. The number of carbonyl (C=O) groups excluding carboxylic acids is 1. The number of hydrogen-bond acceptors (Lipinski definition) is 4. The van der Waals surface area contributed by atoms with Gasteiger partial charge in [-0.05, 0) is 38.6 Å². The molecule has 2 bridgehead atoms. The minimum atomic E-state index is -0.382. The molecule has 116 valence electrons. The molecule has 0 radical (unpaired) electrons. The van der Waals surface area contributed by atoms with Crippen molar-refractivity contribution in [3.63, 3.8) is 0 Å². The van der Waals surface area contributed by atoms with E-state index in [9.17, 15) is 4.79 Å². The van der Waals surface area contributed by atoms with Crippen LogP contribution in [0.3, 0.4) is 0 Å². The van der Waals surface area contributed by atoms with Crippen molar-refractivity contribution in [2.75, 3.05) is 26.3 Å². The van der Waals surface area contributed by atoms with Gasteiger partial charge in [-0.2, -0.15) is 0 Å². The van der Waals surface area contributed by atoms with Gasteiger partial charge in [0.25, 0.3) is 0 Å². The highest BCUT2D eigenvalue weighted by atomic mass is 16.5. The standard InChI is InChI=1S/C15H29N3O2/c1-2-6-17-12-9-13-4-3-5-14(10-12)18(13)7-8-20-11-15(16)19/h12-14,17H,2-11H2,1H3,(H2,16,19). The Morgan fingerprint density at radius 2 is 2.05 bits per heavy atom. The van der Waals surface area contributed by atoms with Crippen LogP contribution in [0.4, 0.5) is 0 Å². The summed E-state index contributed by atoms with van der Waals surface area (Å²) >= 11 is 0. The van der Waals surface area contributed by atoms with Crippen molar-refractivity contribution in [3.05, 3.63) is 0 Å². The van der Waals surface area contributed by atoms with Crippen LogP contribution in [-0.4, -0.2) is 55.2 Å². The normalized spacial score (nSPS) is 30.4. The van der Waals surface area contributed by atoms with Crippen molar-refractivity contribution >= 4 is 5.91 Å². The van der Waals surface area contributed by atoms with Crippen molar-refractivity contribution in [3.8, 4) is 0 Å². The maximum atomic E-state index is 10.7. The van der Waals surface area contributed by atoms with Crippen LogP contribution >= 0.6 is 0 Å². The predicted octanol–water partition coefficient (Wildman–Crippen LogP) is 0.873. The molecule has 0 spiro atoms. The molecular formula is C15H29N3O2. The molecule has 2 aliphatic rings. The van der Waals surface area contributed by atoms with Crippen molar-refractivity contribution in [1.29, 1.82) is 0 Å². The largest absolute Gasteiger partial charge is 0.370 e. The topological polar surface area (TPSA) is 67.6 Å². The zero-order valence-corrected chi connectivity index (χ0v) is 12.6. The molecule has 2 fully saturated rings. The van der Waals surface area contributed by atoms with Crippen LogP contribution in [0.15, 0.2) is 0 Å². The predicted molar refractivity (Wildman–Crippen MR) is 79.5 cm³/mol. The lowest BCUT2D eigenvalue weighted by Gasteiger charge is -2.49. The first-order valence-corrected chi connectivity index (χ1v) is 8.06. The number of nitrogens with one attached hydrogen (secondary N) is 1. The minimum Gasteiger partial charge on any atom is -0.370 e. The molecule has 1 amide bonds. The van der Waals surface area contributed by atoms with Crippen LogP contribution in [0, 0.1) is 0 Å². The third kappa shape index (κ3) is 4.43. The van der Waals surface area contributed by atoms with Crippen LogP contribution in [0.1, 0.15) is 45.4 Å². The summed E-state index contributed by atoms with van der Waals surface area (Å²) in [5.74, 6) is -0.382. The lowest BCUT2D eigenvalue weighted by atomic mass is 9.81. The Bertz CT molecular complexity index is 297. The van der Waals surface area contributed by atoms with Gasteiger partial charge in [0.2, 0.25) is 5.91 Å². The smallest absolute Gasteiger partial charge is 0.243 e. The number of ether oxygens (including phenoxy) is 1. The second kappa shape index (κ2) is 7.96. The Labute approximate surface area is 122 Å². The molecule has 2 saturated heterocycles. The van der Waals surface area contributed by atoms with E-state index in [1.165, 1.54) is 38.5 Å². The second-order valence-corrected chi connectivity index (χ2v) is 6.12. The summed E-state index contributed by atoms with van der Waals surface area (Å²) in [6.07, 6.45) is 7.68. The lowest BCUT2D eigenvalue weighted by molar-refractivity contribution is -0.122. The van der Waals surface area contributed by atoms with Crippen LogP contribution in [0.5, 0.6) is 0 Å². The molecule has 5 heteroatoms. The van der Waals surface area contributed by atoms with Crippen LogP contribution in [0.25, 0.3) is 0 Å². The molecule has 2 heterocycles. The maximum absolute atomic E-state index is 10.7. The van der Waals surface area contributed by atoms with E-state index in [2.05, 4.69) is 17.1 Å². The first-order chi connectivity index (χ1) is 9.70. The summed E-state index contributed by atoms with van der Waals surface area (Å²) < 4.78 is 5.32. The van der Waals surface area contributed by atoms with E-state index < -0.39 is 0 Å². The van der Waals surface area contributed by atoms with Gasteiger partial charge in [-0.15, -0.1) is 0 Å². The molecule has 2 atom stereocenters. The molecule has 0 aromatic heterocycles. The van der Waals surface area contributed by atoms with Gasteiger partial charge in [-0.25, -0.2) is 0 Å². The molecule has 3 N–H and O–H groups in total. The van der Waals surface area contributed by atoms with Crippen molar-refractivity contribution in [1.82, 2.24) is 10.2 Å². The number of nitrogens with zero attached hydrogens (tertiary/aromatic N) is 1. The molecule has 2 unspecified atom stereocenters. The maximum Gasteiger partial charge on any atom is 0.243 e. The molecule has 5 nitrogen and oxygen atoms in total. The Morgan fingerprint density at radius 1 is 1.35 bits per heavy atom. The Morgan fingerprint density at radius 3 is 2.65 bits per heavy atom.